The fourth-order valence-electron chi connectivity index (χ4n) is 1.23. The number of nitriles is 2. The van der Waals surface area contributed by atoms with Gasteiger partial charge in [-0.15, -0.1) is 0 Å². The molecule has 1 aromatic rings. The molecule has 0 aromatic heterocycles. The van der Waals surface area contributed by atoms with Crippen LogP contribution in [0, 0.1) is 22.8 Å². The van der Waals surface area contributed by atoms with Crippen LogP contribution in [0.3, 0.4) is 0 Å². The highest BCUT2D eigenvalue weighted by atomic mass is 16.5. The molecule has 80 valence electrons. The van der Waals surface area contributed by atoms with E-state index in [1.807, 2.05) is 18.2 Å². The molecular formula is C11H10N4O. The number of hydrogen-bond donors (Lipinski definition) is 0. The first-order valence-electron chi connectivity index (χ1n) is 4.52. The van der Waals surface area contributed by atoms with Crippen molar-refractivity contribution in [1.82, 2.24) is 0 Å². The van der Waals surface area contributed by atoms with E-state index in [-0.39, 0.29) is 6.54 Å². The van der Waals surface area contributed by atoms with Crippen LogP contribution in [0.1, 0.15) is 0 Å². The lowest BCUT2D eigenvalue weighted by atomic mass is 10.2. The number of para-hydroxylation sites is 2. The molecular weight excluding hydrogens is 204 g/mol. The zero-order chi connectivity index (χ0) is 11.8. The molecule has 0 saturated heterocycles. The molecule has 0 bridgehead atoms. The van der Waals surface area contributed by atoms with Crippen molar-refractivity contribution in [2.75, 3.05) is 18.6 Å². The molecule has 5 heteroatoms. The fourth-order valence-corrected chi connectivity index (χ4v) is 1.23. The Morgan fingerprint density at radius 1 is 1.44 bits per heavy atom. The molecule has 0 aliphatic rings. The van der Waals surface area contributed by atoms with E-state index in [0.717, 1.165) is 0 Å². The second-order valence-corrected chi connectivity index (χ2v) is 2.80. The van der Waals surface area contributed by atoms with Gasteiger partial charge in [-0.1, -0.05) is 12.1 Å². The monoisotopic (exact) mass is 214 g/mol. The first-order chi connectivity index (χ1) is 7.83. The minimum absolute atomic E-state index is 0.103. The lowest BCUT2D eigenvalue weighted by molar-refractivity contribution is 0.416. The summed E-state index contributed by atoms with van der Waals surface area (Å²) >= 11 is 0. The summed E-state index contributed by atoms with van der Waals surface area (Å²) in [6, 6.07) is 9.21. The van der Waals surface area contributed by atoms with Crippen molar-refractivity contribution >= 4 is 12.0 Å². The van der Waals surface area contributed by atoms with Crippen molar-refractivity contribution in [2.24, 2.45) is 4.99 Å². The third-order valence-electron chi connectivity index (χ3n) is 1.89. The van der Waals surface area contributed by atoms with Crippen molar-refractivity contribution in [1.29, 1.82) is 10.5 Å². The van der Waals surface area contributed by atoms with E-state index in [1.54, 1.807) is 30.3 Å². The number of hydrogen-bond acceptors (Lipinski definition) is 4. The molecule has 0 saturated carbocycles. The van der Waals surface area contributed by atoms with Gasteiger partial charge in [0.25, 0.3) is 0 Å². The first kappa shape index (κ1) is 11.5. The van der Waals surface area contributed by atoms with E-state index >= 15 is 0 Å². The van der Waals surface area contributed by atoms with Gasteiger partial charge >= 0.3 is 0 Å². The summed E-state index contributed by atoms with van der Waals surface area (Å²) < 4.78 is 5.16. The summed E-state index contributed by atoms with van der Waals surface area (Å²) in [6.45, 7) is 0.103. The molecule has 0 heterocycles. The van der Waals surface area contributed by atoms with Crippen molar-refractivity contribution in [3.63, 3.8) is 0 Å². The molecule has 0 N–H and O–H groups in total. The van der Waals surface area contributed by atoms with Gasteiger partial charge in [-0.05, 0) is 12.1 Å². The Kier molecular flexibility index (Phi) is 4.36. The van der Waals surface area contributed by atoms with Gasteiger partial charge in [0, 0.05) is 0 Å². The zero-order valence-electron chi connectivity index (χ0n) is 8.79. The van der Waals surface area contributed by atoms with E-state index < -0.39 is 0 Å². The summed E-state index contributed by atoms with van der Waals surface area (Å²) in [7, 11) is 1.55. The van der Waals surface area contributed by atoms with Crippen molar-refractivity contribution in [3.8, 4) is 18.0 Å². The average Bonchev–Trinajstić information content (AvgIpc) is 2.34. The first-order valence-corrected chi connectivity index (χ1v) is 4.52. The number of nitrogens with zero attached hydrogens (tertiary/aromatic N) is 4. The SMILES string of the molecule is COc1ccccc1N(C=NC#N)CC#N. The molecule has 0 amide bonds. The normalized spacial score (nSPS) is 9.44. The van der Waals surface area contributed by atoms with Crippen LogP contribution in [0.15, 0.2) is 29.3 Å². The van der Waals surface area contributed by atoms with Gasteiger partial charge in [-0.3, -0.25) is 0 Å². The lowest BCUT2D eigenvalue weighted by Crippen LogP contribution is -2.21. The van der Waals surface area contributed by atoms with Crippen molar-refractivity contribution in [2.45, 2.75) is 0 Å². The van der Waals surface area contributed by atoms with Gasteiger partial charge in [0.05, 0.1) is 18.9 Å². The fraction of sp³-hybridized carbons (Fsp3) is 0.182. The molecule has 0 aliphatic carbocycles. The Labute approximate surface area is 93.8 Å². The summed E-state index contributed by atoms with van der Waals surface area (Å²) in [5.41, 5.74) is 0.700. The molecule has 0 aliphatic heterocycles. The summed E-state index contributed by atoms with van der Waals surface area (Å²) in [5.74, 6) is 0.627. The largest absolute Gasteiger partial charge is 0.495 e. The Balaban J connectivity index is 3.06. The Morgan fingerprint density at radius 2 is 2.19 bits per heavy atom. The number of rotatable bonds is 4. The van der Waals surface area contributed by atoms with E-state index in [4.69, 9.17) is 15.3 Å². The smallest absolute Gasteiger partial charge is 0.207 e. The maximum absolute atomic E-state index is 8.68. The second-order valence-electron chi connectivity index (χ2n) is 2.80. The van der Waals surface area contributed by atoms with Crippen LogP contribution >= 0.6 is 0 Å². The van der Waals surface area contributed by atoms with Crippen LogP contribution in [0.5, 0.6) is 5.75 Å². The number of anilines is 1. The van der Waals surface area contributed by atoms with Gasteiger partial charge in [-0.25, -0.2) is 0 Å². The summed E-state index contributed by atoms with van der Waals surface area (Å²) in [6.07, 6.45) is 2.95. The number of ether oxygens (including phenoxy) is 1. The van der Waals surface area contributed by atoms with Crippen LogP contribution in [0.2, 0.25) is 0 Å². The quantitative estimate of drug-likeness (QED) is 0.330. The highest BCUT2D eigenvalue weighted by Crippen LogP contribution is 2.26. The van der Waals surface area contributed by atoms with Crippen LogP contribution in [0.25, 0.3) is 0 Å². The van der Waals surface area contributed by atoms with Gasteiger partial charge < -0.3 is 9.64 Å². The predicted molar refractivity (Wildman–Crippen MR) is 60.1 cm³/mol. The van der Waals surface area contributed by atoms with Crippen molar-refractivity contribution < 1.29 is 4.74 Å². The third-order valence-corrected chi connectivity index (χ3v) is 1.89. The number of aliphatic imine (C=N–C) groups is 1. The summed E-state index contributed by atoms with van der Waals surface area (Å²) in [4.78, 5) is 4.99. The standard InChI is InChI=1S/C11H10N4O/c1-16-11-5-3-2-4-10(11)15(7-6-12)9-14-8-13/h2-5,9H,7H2,1H3. The van der Waals surface area contributed by atoms with E-state index in [0.29, 0.717) is 11.4 Å². The Morgan fingerprint density at radius 3 is 2.81 bits per heavy atom. The molecule has 0 radical (unpaired) electrons. The predicted octanol–water partition coefficient (Wildman–Crippen LogP) is 1.53. The lowest BCUT2D eigenvalue weighted by Gasteiger charge is -2.17. The molecule has 1 rings (SSSR count). The van der Waals surface area contributed by atoms with E-state index in [2.05, 4.69) is 4.99 Å². The van der Waals surface area contributed by atoms with Gasteiger partial charge in [0.1, 0.15) is 18.6 Å². The Hall–Kier alpha value is -2.53. The Bertz CT molecular complexity index is 456. The highest BCUT2D eigenvalue weighted by Gasteiger charge is 2.08. The van der Waals surface area contributed by atoms with E-state index in [1.165, 1.54) is 6.34 Å². The van der Waals surface area contributed by atoms with Gasteiger partial charge in [-0.2, -0.15) is 15.5 Å². The average molecular weight is 214 g/mol. The molecule has 16 heavy (non-hydrogen) atoms. The zero-order valence-corrected chi connectivity index (χ0v) is 8.79. The number of benzene rings is 1. The van der Waals surface area contributed by atoms with Crippen LogP contribution in [0.4, 0.5) is 5.69 Å². The minimum Gasteiger partial charge on any atom is -0.495 e. The molecule has 0 atom stereocenters. The van der Waals surface area contributed by atoms with Crippen LogP contribution in [-0.4, -0.2) is 20.0 Å². The number of methoxy groups -OCH3 is 1. The highest BCUT2D eigenvalue weighted by molar-refractivity contribution is 5.83. The molecule has 0 fully saturated rings. The minimum atomic E-state index is 0.103. The van der Waals surface area contributed by atoms with Crippen LogP contribution in [-0.2, 0) is 0 Å². The molecule has 1 aromatic carbocycles. The van der Waals surface area contributed by atoms with Gasteiger partial charge in [0.15, 0.2) is 0 Å². The van der Waals surface area contributed by atoms with E-state index in [9.17, 15) is 0 Å². The van der Waals surface area contributed by atoms with Crippen molar-refractivity contribution in [3.05, 3.63) is 24.3 Å². The third kappa shape index (κ3) is 2.73. The molecule has 0 unspecified atom stereocenters. The summed E-state index contributed by atoms with van der Waals surface area (Å²) in [5, 5.41) is 17.1. The second kappa shape index (κ2) is 6.05. The maximum Gasteiger partial charge on any atom is 0.207 e. The maximum atomic E-state index is 8.68. The molecule has 5 nitrogen and oxygen atoms in total. The van der Waals surface area contributed by atoms with Gasteiger partial charge in [0.2, 0.25) is 6.19 Å². The topological polar surface area (TPSA) is 72.4 Å². The van der Waals surface area contributed by atoms with Crippen LogP contribution < -0.4 is 9.64 Å². The molecule has 0 spiro atoms.